The molecule has 0 atom stereocenters. The van der Waals surface area contributed by atoms with Crippen LogP contribution in [0.15, 0.2) is 12.7 Å². The molecule has 1 aliphatic heterocycles. The van der Waals surface area contributed by atoms with Crippen molar-refractivity contribution in [3.05, 3.63) is 12.7 Å². The van der Waals surface area contributed by atoms with Crippen LogP contribution in [0.4, 0.5) is 4.79 Å². The van der Waals surface area contributed by atoms with Crippen molar-refractivity contribution in [3.8, 4) is 0 Å². The number of likely N-dealkylation sites (tertiary alicyclic amines) is 1. The molecule has 1 rings (SSSR count). The molecule has 0 aliphatic carbocycles. The van der Waals surface area contributed by atoms with Gasteiger partial charge in [-0.2, -0.15) is 0 Å². The van der Waals surface area contributed by atoms with Crippen LogP contribution in [0, 0.1) is 5.92 Å². The Morgan fingerprint density at radius 2 is 2.07 bits per heavy atom. The van der Waals surface area contributed by atoms with E-state index in [0.717, 1.165) is 0 Å². The summed E-state index contributed by atoms with van der Waals surface area (Å²) in [4.78, 5) is 23.8. The van der Waals surface area contributed by atoms with Gasteiger partial charge in [0.25, 0.3) is 0 Å². The molecular formula is C10H16N2O3. The largest absolute Gasteiger partial charge is 0.481 e. The Bertz CT molecular complexity index is 257. The highest BCUT2D eigenvalue weighted by Crippen LogP contribution is 2.16. The molecule has 2 amide bonds. The zero-order valence-electron chi connectivity index (χ0n) is 8.61. The molecule has 15 heavy (non-hydrogen) atoms. The predicted octanol–water partition coefficient (Wildman–Crippen LogP) is 0.679. The van der Waals surface area contributed by atoms with Crippen molar-refractivity contribution < 1.29 is 14.7 Å². The summed E-state index contributed by atoms with van der Waals surface area (Å²) in [6, 6.07) is -0.140. The van der Waals surface area contributed by atoms with Crippen molar-refractivity contribution >= 4 is 12.0 Å². The molecule has 0 bridgehead atoms. The number of nitrogens with zero attached hydrogens (tertiary/aromatic N) is 1. The minimum absolute atomic E-state index is 0.140. The number of nitrogens with one attached hydrogen (secondary N) is 1. The molecule has 1 aliphatic rings. The summed E-state index contributed by atoms with van der Waals surface area (Å²) in [5.74, 6) is -1.06. The second kappa shape index (κ2) is 5.38. The molecule has 1 heterocycles. The van der Waals surface area contributed by atoms with Crippen molar-refractivity contribution in [3.63, 3.8) is 0 Å². The van der Waals surface area contributed by atoms with Crippen molar-refractivity contribution in [2.24, 2.45) is 5.92 Å². The molecule has 0 aromatic carbocycles. The first-order chi connectivity index (χ1) is 7.15. The van der Waals surface area contributed by atoms with Crippen molar-refractivity contribution in [2.75, 3.05) is 19.6 Å². The van der Waals surface area contributed by atoms with Crippen molar-refractivity contribution in [2.45, 2.75) is 12.8 Å². The van der Waals surface area contributed by atoms with E-state index >= 15 is 0 Å². The van der Waals surface area contributed by atoms with Gasteiger partial charge in [0.1, 0.15) is 0 Å². The zero-order valence-corrected chi connectivity index (χ0v) is 8.61. The summed E-state index contributed by atoms with van der Waals surface area (Å²) in [6.07, 6.45) is 2.69. The summed E-state index contributed by atoms with van der Waals surface area (Å²) in [6.45, 7) is 4.97. The lowest BCUT2D eigenvalue weighted by molar-refractivity contribution is -0.143. The van der Waals surface area contributed by atoms with Crippen molar-refractivity contribution in [1.29, 1.82) is 0 Å². The lowest BCUT2D eigenvalue weighted by Crippen LogP contribution is -2.45. The zero-order chi connectivity index (χ0) is 11.3. The second-order valence-corrected chi connectivity index (χ2v) is 3.57. The first-order valence-electron chi connectivity index (χ1n) is 5.01. The topological polar surface area (TPSA) is 69.6 Å². The number of carbonyl (C=O) groups is 2. The smallest absolute Gasteiger partial charge is 0.317 e. The van der Waals surface area contributed by atoms with Crippen LogP contribution in [0.1, 0.15) is 12.8 Å². The Balaban J connectivity index is 2.33. The van der Waals surface area contributed by atoms with Gasteiger partial charge in [0.05, 0.1) is 5.92 Å². The molecule has 5 heteroatoms. The molecule has 0 aromatic rings. The third-order valence-electron chi connectivity index (χ3n) is 2.53. The van der Waals surface area contributed by atoms with Gasteiger partial charge in [-0.05, 0) is 12.8 Å². The number of rotatable bonds is 3. The average molecular weight is 212 g/mol. The monoisotopic (exact) mass is 212 g/mol. The Morgan fingerprint density at radius 1 is 1.47 bits per heavy atom. The molecule has 5 nitrogen and oxygen atoms in total. The Labute approximate surface area is 88.8 Å². The minimum Gasteiger partial charge on any atom is -0.481 e. The number of hydrogen-bond acceptors (Lipinski definition) is 2. The van der Waals surface area contributed by atoms with Crippen molar-refractivity contribution in [1.82, 2.24) is 10.2 Å². The van der Waals surface area contributed by atoms with Gasteiger partial charge in [0, 0.05) is 19.6 Å². The highest BCUT2D eigenvalue weighted by atomic mass is 16.4. The van der Waals surface area contributed by atoms with E-state index in [1.807, 2.05) is 0 Å². The van der Waals surface area contributed by atoms with Gasteiger partial charge in [0.15, 0.2) is 0 Å². The van der Waals surface area contributed by atoms with E-state index in [-0.39, 0.29) is 11.9 Å². The molecule has 2 N–H and O–H groups in total. The second-order valence-electron chi connectivity index (χ2n) is 3.57. The number of urea groups is 1. The Kier molecular flexibility index (Phi) is 4.15. The van der Waals surface area contributed by atoms with Gasteiger partial charge in [-0.25, -0.2) is 4.79 Å². The molecule has 0 radical (unpaired) electrons. The van der Waals surface area contributed by atoms with Crippen LogP contribution in [-0.4, -0.2) is 41.6 Å². The van der Waals surface area contributed by atoms with Crippen LogP contribution in [0.2, 0.25) is 0 Å². The molecule has 0 spiro atoms. The Hall–Kier alpha value is -1.52. The number of piperidine rings is 1. The molecular weight excluding hydrogens is 196 g/mol. The molecule has 0 aromatic heterocycles. The quantitative estimate of drug-likeness (QED) is 0.676. The van der Waals surface area contributed by atoms with E-state index in [2.05, 4.69) is 11.9 Å². The minimum atomic E-state index is -0.763. The summed E-state index contributed by atoms with van der Waals surface area (Å²) in [7, 11) is 0. The van der Waals surface area contributed by atoms with Gasteiger partial charge in [-0.15, -0.1) is 6.58 Å². The third-order valence-corrected chi connectivity index (χ3v) is 2.53. The summed E-state index contributed by atoms with van der Waals surface area (Å²) >= 11 is 0. The van der Waals surface area contributed by atoms with Gasteiger partial charge >= 0.3 is 12.0 Å². The van der Waals surface area contributed by atoms with Gasteiger partial charge in [0.2, 0.25) is 0 Å². The molecule has 0 saturated carbocycles. The van der Waals surface area contributed by atoms with E-state index in [4.69, 9.17) is 5.11 Å². The number of carbonyl (C=O) groups excluding carboxylic acids is 1. The van der Waals surface area contributed by atoms with Gasteiger partial charge in [-0.3, -0.25) is 4.79 Å². The number of aliphatic carboxylic acids is 1. The van der Waals surface area contributed by atoms with E-state index in [9.17, 15) is 9.59 Å². The van der Waals surface area contributed by atoms with E-state index in [1.54, 1.807) is 11.0 Å². The lowest BCUT2D eigenvalue weighted by atomic mass is 9.97. The number of carboxylic acid groups (broad SMARTS) is 1. The standard InChI is InChI=1S/C10H16N2O3/c1-2-5-11-10(15)12-6-3-8(4-7-12)9(13)14/h2,8H,1,3-7H2,(H,11,15)(H,13,14). The first-order valence-corrected chi connectivity index (χ1v) is 5.01. The maximum atomic E-state index is 11.5. The summed E-state index contributed by atoms with van der Waals surface area (Å²) < 4.78 is 0. The van der Waals surface area contributed by atoms with E-state index < -0.39 is 5.97 Å². The third kappa shape index (κ3) is 3.27. The summed E-state index contributed by atoms with van der Waals surface area (Å²) in [5.41, 5.74) is 0. The van der Waals surface area contributed by atoms with Crippen LogP contribution in [-0.2, 0) is 4.79 Å². The molecule has 1 saturated heterocycles. The fraction of sp³-hybridized carbons (Fsp3) is 0.600. The van der Waals surface area contributed by atoms with Crippen LogP contribution in [0.25, 0.3) is 0 Å². The first kappa shape index (κ1) is 11.6. The lowest BCUT2D eigenvalue weighted by Gasteiger charge is -2.29. The van der Waals surface area contributed by atoms with Crippen LogP contribution >= 0.6 is 0 Å². The molecule has 1 fully saturated rings. The van der Waals surface area contributed by atoms with Crippen LogP contribution in [0.5, 0.6) is 0 Å². The maximum absolute atomic E-state index is 11.5. The fourth-order valence-corrected chi connectivity index (χ4v) is 1.60. The average Bonchev–Trinajstić information content (AvgIpc) is 2.26. The number of carboxylic acids is 1. The normalized spacial score (nSPS) is 17.2. The SMILES string of the molecule is C=CCNC(=O)N1CCC(C(=O)O)CC1. The van der Waals surface area contributed by atoms with Gasteiger partial charge < -0.3 is 15.3 Å². The van der Waals surface area contributed by atoms with Gasteiger partial charge in [-0.1, -0.05) is 6.08 Å². The number of amides is 2. The highest BCUT2D eigenvalue weighted by molar-refractivity contribution is 5.75. The Morgan fingerprint density at radius 3 is 2.53 bits per heavy atom. The van der Waals surface area contributed by atoms with E-state index in [0.29, 0.717) is 32.5 Å². The highest BCUT2D eigenvalue weighted by Gasteiger charge is 2.26. The fourth-order valence-electron chi connectivity index (χ4n) is 1.60. The molecule has 84 valence electrons. The molecule has 0 unspecified atom stereocenters. The van der Waals surface area contributed by atoms with Crippen LogP contribution < -0.4 is 5.32 Å². The maximum Gasteiger partial charge on any atom is 0.317 e. The predicted molar refractivity (Wildman–Crippen MR) is 55.5 cm³/mol. The van der Waals surface area contributed by atoms with Crippen LogP contribution in [0.3, 0.4) is 0 Å². The summed E-state index contributed by atoms with van der Waals surface area (Å²) in [5, 5.41) is 11.4. The number of hydrogen-bond donors (Lipinski definition) is 2. The van der Waals surface area contributed by atoms with E-state index in [1.165, 1.54) is 0 Å².